The van der Waals surface area contributed by atoms with E-state index in [4.69, 9.17) is 21.3 Å². The number of fused-ring (bicyclic) bond motifs is 1. The van der Waals surface area contributed by atoms with Crippen molar-refractivity contribution in [2.24, 2.45) is 0 Å². The van der Waals surface area contributed by atoms with E-state index in [2.05, 4.69) is 32.6 Å². The minimum absolute atomic E-state index is 0.568. The number of methoxy groups -OCH3 is 1. The van der Waals surface area contributed by atoms with Crippen molar-refractivity contribution in [3.05, 3.63) is 57.6 Å². The first-order valence-electron chi connectivity index (χ1n) is 9.67. The molecule has 0 aliphatic carbocycles. The van der Waals surface area contributed by atoms with Gasteiger partial charge in [0.05, 0.1) is 41.8 Å². The van der Waals surface area contributed by atoms with Gasteiger partial charge in [0.15, 0.2) is 5.65 Å². The largest absolute Gasteiger partial charge is 0.497 e. The molecule has 0 amide bonds. The zero-order valence-electron chi connectivity index (χ0n) is 17.1. The van der Waals surface area contributed by atoms with Crippen LogP contribution in [-0.4, -0.2) is 33.2 Å². The number of rotatable bonds is 8. The van der Waals surface area contributed by atoms with Gasteiger partial charge in [0, 0.05) is 29.6 Å². The van der Waals surface area contributed by atoms with Crippen LogP contribution in [-0.2, 0) is 6.54 Å². The summed E-state index contributed by atoms with van der Waals surface area (Å²) in [5.41, 5.74) is 5.42. The third-order valence-electron chi connectivity index (χ3n) is 4.80. The summed E-state index contributed by atoms with van der Waals surface area (Å²) < 4.78 is 7.13. The maximum Gasteiger partial charge on any atom is 0.159 e. The number of benzene rings is 1. The molecule has 9 heteroatoms. The Labute approximate surface area is 184 Å². The summed E-state index contributed by atoms with van der Waals surface area (Å²) in [6.45, 7) is 5.80. The Hall–Kier alpha value is -2.84. The fourth-order valence-electron chi connectivity index (χ4n) is 3.39. The second-order valence-corrected chi connectivity index (χ2v) is 8.01. The second kappa shape index (κ2) is 8.89. The fourth-order valence-corrected chi connectivity index (χ4v) is 4.16. The lowest BCUT2D eigenvalue weighted by atomic mass is 10.2. The predicted molar refractivity (Wildman–Crippen MR) is 122 cm³/mol. The summed E-state index contributed by atoms with van der Waals surface area (Å²) in [6, 6.07) is 7.44. The molecular formula is C21H23ClN6OS. The Bertz CT molecular complexity index is 1140. The average molecular weight is 443 g/mol. The zero-order valence-corrected chi connectivity index (χ0v) is 18.7. The first-order valence-corrected chi connectivity index (χ1v) is 11.0. The Morgan fingerprint density at radius 1 is 1.30 bits per heavy atom. The van der Waals surface area contributed by atoms with Crippen LogP contribution in [0.25, 0.3) is 5.65 Å². The number of hydrogen-bond donors (Lipinski definition) is 1. The van der Waals surface area contributed by atoms with Gasteiger partial charge in [-0.3, -0.25) is 0 Å². The van der Waals surface area contributed by atoms with Gasteiger partial charge in [0.2, 0.25) is 0 Å². The number of anilines is 3. The third-order valence-corrected chi connectivity index (χ3v) is 5.75. The second-order valence-electron chi connectivity index (χ2n) is 6.88. The molecule has 7 nitrogen and oxygen atoms in total. The van der Waals surface area contributed by atoms with Crippen molar-refractivity contribution in [3.63, 3.8) is 0 Å². The summed E-state index contributed by atoms with van der Waals surface area (Å²) in [5, 5.41) is 10.6. The lowest BCUT2D eigenvalue weighted by molar-refractivity contribution is 0.415. The van der Waals surface area contributed by atoms with Crippen molar-refractivity contribution >= 4 is 45.9 Å². The van der Waals surface area contributed by atoms with Crippen LogP contribution >= 0.6 is 22.9 Å². The van der Waals surface area contributed by atoms with E-state index in [0.717, 1.165) is 47.2 Å². The number of halogens is 1. The molecule has 0 unspecified atom stereocenters. The number of aromatic nitrogens is 4. The number of nitrogens with zero attached hydrogens (tertiary/aromatic N) is 5. The van der Waals surface area contributed by atoms with E-state index in [1.807, 2.05) is 35.1 Å². The molecule has 156 valence electrons. The highest BCUT2D eigenvalue weighted by Crippen LogP contribution is 2.33. The van der Waals surface area contributed by atoms with E-state index in [0.29, 0.717) is 17.3 Å². The molecule has 0 atom stereocenters. The molecule has 0 fully saturated rings. The molecule has 0 saturated carbocycles. The summed E-state index contributed by atoms with van der Waals surface area (Å²) in [7, 11) is 1.62. The lowest BCUT2D eigenvalue weighted by Crippen LogP contribution is -2.27. The van der Waals surface area contributed by atoms with Crippen molar-refractivity contribution in [2.75, 3.05) is 23.9 Å². The minimum Gasteiger partial charge on any atom is -0.497 e. The Balaban J connectivity index is 1.77. The fraction of sp³-hybridized carbons (Fsp3) is 0.286. The maximum atomic E-state index is 6.45. The number of hydrogen-bond acceptors (Lipinski definition) is 7. The maximum absolute atomic E-state index is 6.45. The molecular weight excluding hydrogens is 420 g/mol. The number of thiazole rings is 1. The summed E-state index contributed by atoms with van der Waals surface area (Å²) in [4.78, 5) is 11.5. The topological polar surface area (TPSA) is 67.6 Å². The molecule has 4 rings (SSSR count). The molecule has 30 heavy (non-hydrogen) atoms. The molecule has 1 N–H and O–H groups in total. The average Bonchev–Trinajstić information content (AvgIpc) is 3.41. The van der Waals surface area contributed by atoms with Gasteiger partial charge < -0.3 is 15.0 Å². The molecule has 3 aromatic heterocycles. The monoisotopic (exact) mass is 442 g/mol. The summed E-state index contributed by atoms with van der Waals surface area (Å²) in [5.74, 6) is 2.44. The van der Waals surface area contributed by atoms with Gasteiger partial charge in [-0.05, 0) is 25.5 Å². The highest BCUT2D eigenvalue weighted by Gasteiger charge is 2.20. The van der Waals surface area contributed by atoms with Crippen LogP contribution in [0.4, 0.5) is 17.3 Å². The minimum atomic E-state index is 0.568. The molecule has 0 radical (unpaired) electrons. The van der Waals surface area contributed by atoms with Crippen molar-refractivity contribution in [3.8, 4) is 5.75 Å². The van der Waals surface area contributed by atoms with E-state index < -0.39 is 0 Å². The van der Waals surface area contributed by atoms with Crippen LogP contribution in [0.1, 0.15) is 24.6 Å². The van der Waals surface area contributed by atoms with Crippen LogP contribution in [0.2, 0.25) is 5.02 Å². The Morgan fingerprint density at radius 2 is 2.17 bits per heavy atom. The van der Waals surface area contributed by atoms with Crippen LogP contribution in [0.5, 0.6) is 5.75 Å². The van der Waals surface area contributed by atoms with Crippen LogP contribution in [0.15, 0.2) is 41.4 Å². The SMILES string of the molecule is CCCN(Cc1cscn1)c1c(C)c(Nc2ccc(OC)cc2Cl)nc2ccnn12. The zero-order chi connectivity index (χ0) is 21.1. The smallest absolute Gasteiger partial charge is 0.159 e. The van der Waals surface area contributed by atoms with Gasteiger partial charge in [-0.1, -0.05) is 18.5 Å². The molecule has 0 saturated heterocycles. The van der Waals surface area contributed by atoms with Gasteiger partial charge in [-0.25, -0.2) is 9.97 Å². The highest BCUT2D eigenvalue weighted by atomic mass is 35.5. The van der Waals surface area contributed by atoms with Gasteiger partial charge in [0.25, 0.3) is 0 Å². The lowest BCUT2D eigenvalue weighted by Gasteiger charge is -2.27. The van der Waals surface area contributed by atoms with Crippen molar-refractivity contribution in [1.29, 1.82) is 0 Å². The van der Waals surface area contributed by atoms with Gasteiger partial charge >= 0.3 is 0 Å². The Kier molecular flexibility index (Phi) is 6.06. The number of nitrogens with one attached hydrogen (secondary N) is 1. The van der Waals surface area contributed by atoms with Crippen molar-refractivity contribution in [1.82, 2.24) is 19.6 Å². The van der Waals surface area contributed by atoms with Gasteiger partial charge in [-0.2, -0.15) is 9.61 Å². The number of ether oxygens (including phenoxy) is 1. The van der Waals surface area contributed by atoms with E-state index >= 15 is 0 Å². The molecule has 0 bridgehead atoms. The van der Waals surface area contributed by atoms with E-state index in [1.54, 1.807) is 30.7 Å². The highest BCUT2D eigenvalue weighted by molar-refractivity contribution is 7.07. The van der Waals surface area contributed by atoms with Gasteiger partial charge in [0.1, 0.15) is 17.4 Å². The van der Waals surface area contributed by atoms with E-state index in [9.17, 15) is 0 Å². The molecule has 3 heterocycles. The van der Waals surface area contributed by atoms with Crippen LogP contribution in [0, 0.1) is 6.92 Å². The van der Waals surface area contributed by atoms with E-state index in [-0.39, 0.29) is 0 Å². The molecule has 1 aromatic carbocycles. The molecule has 0 aliphatic rings. The predicted octanol–water partition coefficient (Wildman–Crippen LogP) is 5.32. The van der Waals surface area contributed by atoms with Gasteiger partial charge in [-0.15, -0.1) is 11.3 Å². The first kappa shape index (κ1) is 20.4. The van der Waals surface area contributed by atoms with Crippen molar-refractivity contribution < 1.29 is 4.74 Å². The molecule has 0 spiro atoms. The van der Waals surface area contributed by atoms with Crippen molar-refractivity contribution in [2.45, 2.75) is 26.8 Å². The standard InChI is InChI=1S/C21H23ClN6OS/c1-4-9-27(11-15-12-30-13-23-15)21-14(2)20(26-19-7-8-24-28(19)21)25-18-6-5-16(29-3)10-17(18)22/h5-8,10,12-13H,4,9,11H2,1-3H3,(H,25,26). The normalized spacial score (nSPS) is 11.1. The van der Waals surface area contributed by atoms with Crippen LogP contribution < -0.4 is 15.0 Å². The van der Waals surface area contributed by atoms with E-state index in [1.165, 1.54) is 0 Å². The summed E-state index contributed by atoms with van der Waals surface area (Å²) >= 11 is 8.05. The summed E-state index contributed by atoms with van der Waals surface area (Å²) in [6.07, 6.45) is 2.77. The van der Waals surface area contributed by atoms with Crippen LogP contribution in [0.3, 0.4) is 0 Å². The molecule has 4 aromatic rings. The first-order chi connectivity index (χ1) is 14.6. The third kappa shape index (κ3) is 4.06. The quantitative estimate of drug-likeness (QED) is 0.398. The molecule has 0 aliphatic heterocycles. The Morgan fingerprint density at radius 3 is 2.87 bits per heavy atom.